The van der Waals surface area contributed by atoms with Crippen LogP contribution in [0.25, 0.3) is 0 Å². The van der Waals surface area contributed by atoms with Gasteiger partial charge in [0.2, 0.25) is 5.91 Å². The van der Waals surface area contributed by atoms with Crippen molar-refractivity contribution >= 4 is 40.2 Å². The smallest absolute Gasteiger partial charge is 0.307 e. The second-order valence-corrected chi connectivity index (χ2v) is 6.27. The summed E-state index contributed by atoms with van der Waals surface area (Å²) < 4.78 is 1.62. The van der Waals surface area contributed by atoms with Crippen molar-refractivity contribution in [2.75, 3.05) is 11.1 Å². The van der Waals surface area contributed by atoms with Gasteiger partial charge >= 0.3 is 4.87 Å². The first-order valence-corrected chi connectivity index (χ1v) is 7.59. The number of rotatable bonds is 4. The Hall–Kier alpha value is -1.79. The highest BCUT2D eigenvalue weighted by Crippen LogP contribution is 2.22. The molecule has 0 atom stereocenters. The van der Waals surface area contributed by atoms with Crippen molar-refractivity contribution < 1.29 is 4.79 Å². The molecule has 0 unspecified atom stereocenters. The first-order valence-electron chi connectivity index (χ1n) is 6.40. The van der Waals surface area contributed by atoms with Crippen LogP contribution in [0.15, 0.2) is 23.0 Å². The minimum atomic E-state index is -0.174. The average Bonchev–Trinajstić information content (AvgIpc) is 2.66. The molecule has 0 radical (unpaired) electrons. The molecule has 0 aliphatic carbocycles. The molecule has 0 saturated carbocycles. The lowest BCUT2D eigenvalue weighted by Gasteiger charge is -2.08. The molecule has 1 aromatic heterocycles. The molecule has 0 bridgehead atoms. The van der Waals surface area contributed by atoms with Gasteiger partial charge in [0.25, 0.3) is 0 Å². The summed E-state index contributed by atoms with van der Waals surface area (Å²) in [5.74, 6) is -0.174. The van der Waals surface area contributed by atoms with Crippen LogP contribution in [-0.2, 0) is 11.3 Å². The Morgan fingerprint density at radius 1 is 1.43 bits per heavy atom. The van der Waals surface area contributed by atoms with Crippen LogP contribution in [-0.4, -0.2) is 10.5 Å². The summed E-state index contributed by atoms with van der Waals surface area (Å²) in [5, 5.41) is 3.18. The molecule has 7 heteroatoms. The fourth-order valence-electron chi connectivity index (χ4n) is 1.90. The number of aromatic nitrogens is 1. The maximum atomic E-state index is 11.9. The molecule has 0 fully saturated rings. The molecule has 0 aliphatic rings. The summed E-state index contributed by atoms with van der Waals surface area (Å²) in [6, 6.07) is 4.92. The largest absolute Gasteiger partial charge is 0.397 e. The number of hydrogen-bond donors (Lipinski definition) is 2. The zero-order valence-electron chi connectivity index (χ0n) is 11.8. The number of carbonyl (C=O) groups excluding carboxylic acids is 1. The van der Waals surface area contributed by atoms with E-state index < -0.39 is 0 Å². The molecule has 3 N–H and O–H groups in total. The first kappa shape index (κ1) is 15.6. The number of nitrogens with one attached hydrogen (secondary N) is 1. The lowest BCUT2D eigenvalue weighted by atomic mass is 10.2. The highest BCUT2D eigenvalue weighted by Gasteiger charge is 2.10. The Morgan fingerprint density at radius 2 is 2.14 bits per heavy atom. The van der Waals surface area contributed by atoms with Gasteiger partial charge in [0.15, 0.2) is 0 Å². The van der Waals surface area contributed by atoms with E-state index in [0.717, 1.165) is 10.6 Å². The number of anilines is 2. The van der Waals surface area contributed by atoms with Gasteiger partial charge in [-0.1, -0.05) is 22.9 Å². The van der Waals surface area contributed by atoms with Gasteiger partial charge in [0.1, 0.15) is 0 Å². The third-order valence-electron chi connectivity index (χ3n) is 3.22. The SMILES string of the molecule is Cc1sc(=O)n(CCC(=O)Nc2ccc(Cl)c(N)c2)c1C. The number of amides is 1. The van der Waals surface area contributed by atoms with Crippen LogP contribution in [0.5, 0.6) is 0 Å². The Bertz CT molecular complexity index is 736. The highest BCUT2D eigenvalue weighted by atomic mass is 35.5. The summed E-state index contributed by atoms with van der Waals surface area (Å²) in [5.41, 5.74) is 7.59. The van der Waals surface area contributed by atoms with E-state index in [1.165, 1.54) is 11.3 Å². The van der Waals surface area contributed by atoms with Crippen molar-refractivity contribution in [3.63, 3.8) is 0 Å². The van der Waals surface area contributed by atoms with E-state index >= 15 is 0 Å². The van der Waals surface area contributed by atoms with Crippen molar-refractivity contribution in [1.82, 2.24) is 4.57 Å². The number of thiazole rings is 1. The highest BCUT2D eigenvalue weighted by molar-refractivity contribution is 7.09. The molecule has 1 amide bonds. The number of nitrogen functional groups attached to an aromatic ring is 1. The Morgan fingerprint density at radius 3 is 2.71 bits per heavy atom. The summed E-state index contributed by atoms with van der Waals surface area (Å²) >= 11 is 7.02. The Balaban J connectivity index is 1.99. The molecule has 0 spiro atoms. The lowest BCUT2D eigenvalue weighted by Crippen LogP contribution is -2.20. The van der Waals surface area contributed by atoms with Crippen molar-refractivity contribution in [2.45, 2.75) is 26.8 Å². The molecule has 1 aromatic carbocycles. The number of nitrogens with zero attached hydrogens (tertiary/aromatic N) is 1. The molecule has 2 rings (SSSR count). The van der Waals surface area contributed by atoms with Crippen molar-refractivity contribution in [2.24, 2.45) is 0 Å². The predicted molar refractivity (Wildman–Crippen MR) is 87.2 cm³/mol. The second-order valence-electron chi connectivity index (χ2n) is 4.70. The van der Waals surface area contributed by atoms with Crippen LogP contribution < -0.4 is 15.9 Å². The normalized spacial score (nSPS) is 10.6. The molecule has 21 heavy (non-hydrogen) atoms. The second kappa shape index (κ2) is 6.32. The lowest BCUT2D eigenvalue weighted by molar-refractivity contribution is -0.116. The van der Waals surface area contributed by atoms with Gasteiger partial charge in [-0.05, 0) is 32.0 Å². The summed E-state index contributed by atoms with van der Waals surface area (Å²) in [6.07, 6.45) is 0.222. The minimum Gasteiger partial charge on any atom is -0.397 e. The Labute approximate surface area is 131 Å². The van der Waals surface area contributed by atoms with E-state index in [0.29, 0.717) is 22.9 Å². The van der Waals surface area contributed by atoms with Crippen molar-refractivity contribution in [1.29, 1.82) is 0 Å². The van der Waals surface area contributed by atoms with E-state index in [2.05, 4.69) is 5.32 Å². The van der Waals surface area contributed by atoms with Crippen LogP contribution in [0.1, 0.15) is 17.0 Å². The molecule has 1 heterocycles. The van der Waals surface area contributed by atoms with Crippen LogP contribution in [0, 0.1) is 13.8 Å². The van der Waals surface area contributed by atoms with Crippen LogP contribution in [0.2, 0.25) is 5.02 Å². The van der Waals surface area contributed by atoms with E-state index in [1.807, 2.05) is 13.8 Å². The van der Waals surface area contributed by atoms with E-state index in [-0.39, 0.29) is 17.2 Å². The Kier molecular flexibility index (Phi) is 4.69. The van der Waals surface area contributed by atoms with Gasteiger partial charge in [-0.2, -0.15) is 0 Å². The third-order valence-corrected chi connectivity index (χ3v) is 4.56. The summed E-state index contributed by atoms with van der Waals surface area (Å²) in [6.45, 7) is 4.14. The van der Waals surface area contributed by atoms with Crippen LogP contribution in [0.3, 0.4) is 0 Å². The number of benzene rings is 1. The summed E-state index contributed by atoms with van der Waals surface area (Å²) in [4.78, 5) is 24.6. The van der Waals surface area contributed by atoms with Crippen LogP contribution in [0.4, 0.5) is 11.4 Å². The maximum absolute atomic E-state index is 11.9. The van der Waals surface area contributed by atoms with Gasteiger partial charge in [-0.25, -0.2) is 0 Å². The number of carbonyl (C=O) groups is 1. The molecule has 112 valence electrons. The fraction of sp³-hybridized carbons (Fsp3) is 0.286. The topological polar surface area (TPSA) is 77.1 Å². The number of hydrogen-bond acceptors (Lipinski definition) is 4. The van der Waals surface area contributed by atoms with Crippen molar-refractivity contribution in [3.8, 4) is 0 Å². The van der Waals surface area contributed by atoms with Crippen molar-refractivity contribution in [3.05, 3.63) is 43.5 Å². The predicted octanol–water partition coefficient (Wildman–Crippen LogP) is 2.79. The maximum Gasteiger partial charge on any atom is 0.307 e. The zero-order chi connectivity index (χ0) is 15.6. The number of halogens is 1. The van der Waals surface area contributed by atoms with Gasteiger partial charge < -0.3 is 15.6 Å². The van der Waals surface area contributed by atoms with E-state index in [4.69, 9.17) is 17.3 Å². The third kappa shape index (κ3) is 3.65. The standard InChI is InChI=1S/C14H16ClN3O2S/c1-8-9(2)21-14(20)18(8)6-5-13(19)17-10-3-4-11(15)12(16)7-10/h3-4,7H,5-6,16H2,1-2H3,(H,17,19). The summed E-state index contributed by atoms with van der Waals surface area (Å²) in [7, 11) is 0. The van der Waals surface area contributed by atoms with Gasteiger partial charge in [0, 0.05) is 29.2 Å². The number of nitrogens with two attached hydrogens (primary N) is 1. The average molecular weight is 326 g/mol. The zero-order valence-corrected chi connectivity index (χ0v) is 13.3. The quantitative estimate of drug-likeness (QED) is 0.848. The molecular weight excluding hydrogens is 310 g/mol. The molecule has 0 aliphatic heterocycles. The van der Waals surface area contributed by atoms with Gasteiger partial charge in [-0.3, -0.25) is 9.59 Å². The molecule has 5 nitrogen and oxygen atoms in total. The van der Waals surface area contributed by atoms with Gasteiger partial charge in [0.05, 0.1) is 10.7 Å². The number of aryl methyl sites for hydroxylation is 1. The van der Waals surface area contributed by atoms with E-state index in [1.54, 1.807) is 22.8 Å². The van der Waals surface area contributed by atoms with Crippen LogP contribution >= 0.6 is 22.9 Å². The fourth-order valence-corrected chi connectivity index (χ4v) is 2.88. The molecule has 0 saturated heterocycles. The first-order chi connectivity index (χ1) is 9.88. The monoisotopic (exact) mass is 325 g/mol. The molecular formula is C14H16ClN3O2S. The van der Waals surface area contributed by atoms with Gasteiger partial charge in [-0.15, -0.1) is 0 Å². The van der Waals surface area contributed by atoms with E-state index in [9.17, 15) is 9.59 Å². The minimum absolute atomic E-state index is 0.0338. The molecule has 2 aromatic rings.